The van der Waals surface area contributed by atoms with E-state index in [2.05, 4.69) is 11.8 Å². The Balaban J connectivity index is 1.94. The Bertz CT molecular complexity index is 169. The minimum Gasteiger partial charge on any atom is -0.393 e. The first-order valence-electron chi connectivity index (χ1n) is 6.25. The summed E-state index contributed by atoms with van der Waals surface area (Å²) in [5.74, 6) is 0. The highest BCUT2D eigenvalue weighted by Gasteiger charge is 2.36. The molecule has 2 nitrogen and oxygen atoms in total. The van der Waals surface area contributed by atoms with E-state index in [4.69, 9.17) is 0 Å². The van der Waals surface area contributed by atoms with Gasteiger partial charge in [0.1, 0.15) is 0 Å². The molecule has 2 unspecified atom stereocenters. The summed E-state index contributed by atoms with van der Waals surface area (Å²) >= 11 is 0. The van der Waals surface area contributed by atoms with E-state index in [1.54, 1.807) is 0 Å². The zero-order chi connectivity index (χ0) is 9.97. The Kier molecular flexibility index (Phi) is 3.45. The number of aliphatic hydroxyl groups is 1. The molecule has 0 aliphatic carbocycles. The summed E-state index contributed by atoms with van der Waals surface area (Å²) in [5.41, 5.74) is 0. The minimum atomic E-state index is -0.0109. The number of fused-ring (bicyclic) bond motifs is 2. The quantitative estimate of drug-likeness (QED) is 0.749. The minimum absolute atomic E-state index is 0.0109. The van der Waals surface area contributed by atoms with Gasteiger partial charge in [-0.2, -0.15) is 0 Å². The van der Waals surface area contributed by atoms with Crippen LogP contribution >= 0.6 is 0 Å². The molecule has 14 heavy (non-hydrogen) atoms. The number of unbranched alkanes of at least 4 members (excludes halogenated alkanes) is 1. The number of hydrogen-bond donors (Lipinski definition) is 1. The van der Waals surface area contributed by atoms with Gasteiger partial charge in [0, 0.05) is 12.1 Å². The standard InChI is InChI=1S/C12H23NO/c1-2-3-7-13-10-5-4-6-11(13)9-12(14)8-10/h10-12,14H,2-9H2,1H3. The Labute approximate surface area is 87.3 Å². The second kappa shape index (κ2) is 4.63. The molecule has 0 amide bonds. The van der Waals surface area contributed by atoms with Crippen molar-refractivity contribution in [3.63, 3.8) is 0 Å². The topological polar surface area (TPSA) is 23.5 Å². The largest absolute Gasteiger partial charge is 0.393 e. The van der Waals surface area contributed by atoms with Crippen LogP contribution in [0.2, 0.25) is 0 Å². The molecule has 0 aromatic carbocycles. The second-order valence-electron chi connectivity index (χ2n) is 4.96. The third-order valence-corrected chi connectivity index (χ3v) is 3.87. The highest BCUT2D eigenvalue weighted by atomic mass is 16.3. The monoisotopic (exact) mass is 197 g/mol. The third kappa shape index (κ3) is 2.12. The molecule has 2 heteroatoms. The summed E-state index contributed by atoms with van der Waals surface area (Å²) in [6, 6.07) is 1.40. The Morgan fingerprint density at radius 2 is 1.86 bits per heavy atom. The van der Waals surface area contributed by atoms with Gasteiger partial charge in [-0.3, -0.25) is 4.90 Å². The lowest BCUT2D eigenvalue weighted by Gasteiger charge is -2.47. The summed E-state index contributed by atoms with van der Waals surface area (Å²) in [4.78, 5) is 2.68. The van der Waals surface area contributed by atoms with E-state index in [1.165, 1.54) is 38.6 Å². The zero-order valence-electron chi connectivity index (χ0n) is 9.28. The smallest absolute Gasteiger partial charge is 0.0570 e. The van der Waals surface area contributed by atoms with Crippen molar-refractivity contribution in [1.82, 2.24) is 4.90 Å². The van der Waals surface area contributed by atoms with Gasteiger partial charge in [0.2, 0.25) is 0 Å². The normalized spacial score (nSPS) is 38.6. The van der Waals surface area contributed by atoms with Crippen molar-refractivity contribution < 1.29 is 5.11 Å². The fourth-order valence-corrected chi connectivity index (χ4v) is 3.16. The van der Waals surface area contributed by atoms with Crippen LogP contribution in [-0.2, 0) is 0 Å². The molecular weight excluding hydrogens is 174 g/mol. The molecule has 82 valence electrons. The molecule has 0 aromatic heterocycles. The SMILES string of the molecule is CCCCN1C2CCCC1CC(O)C2. The van der Waals surface area contributed by atoms with Crippen molar-refractivity contribution in [1.29, 1.82) is 0 Å². The lowest BCUT2D eigenvalue weighted by atomic mass is 9.83. The van der Waals surface area contributed by atoms with Gasteiger partial charge in [0.05, 0.1) is 6.10 Å². The van der Waals surface area contributed by atoms with E-state index in [0.29, 0.717) is 12.1 Å². The number of piperidine rings is 2. The van der Waals surface area contributed by atoms with E-state index < -0.39 is 0 Å². The van der Waals surface area contributed by atoms with E-state index in [-0.39, 0.29) is 6.10 Å². The molecule has 1 N–H and O–H groups in total. The van der Waals surface area contributed by atoms with Crippen LogP contribution in [0, 0.1) is 0 Å². The van der Waals surface area contributed by atoms with Crippen LogP contribution in [0.5, 0.6) is 0 Å². The maximum Gasteiger partial charge on any atom is 0.0570 e. The molecule has 0 spiro atoms. The Morgan fingerprint density at radius 3 is 2.43 bits per heavy atom. The van der Waals surface area contributed by atoms with Gasteiger partial charge in [-0.1, -0.05) is 19.8 Å². The molecule has 2 aliphatic heterocycles. The van der Waals surface area contributed by atoms with E-state index in [9.17, 15) is 5.11 Å². The first kappa shape index (κ1) is 10.4. The lowest BCUT2D eigenvalue weighted by Crippen LogP contribution is -2.53. The van der Waals surface area contributed by atoms with Gasteiger partial charge in [-0.25, -0.2) is 0 Å². The van der Waals surface area contributed by atoms with E-state index in [1.807, 2.05) is 0 Å². The van der Waals surface area contributed by atoms with Crippen molar-refractivity contribution in [2.75, 3.05) is 6.54 Å². The van der Waals surface area contributed by atoms with Crippen molar-refractivity contribution in [3.05, 3.63) is 0 Å². The van der Waals surface area contributed by atoms with Gasteiger partial charge < -0.3 is 5.11 Å². The summed E-state index contributed by atoms with van der Waals surface area (Å²) in [6.07, 6.45) is 8.67. The van der Waals surface area contributed by atoms with Crippen LogP contribution in [0.15, 0.2) is 0 Å². The number of rotatable bonds is 3. The van der Waals surface area contributed by atoms with Crippen LogP contribution in [-0.4, -0.2) is 34.7 Å². The lowest BCUT2D eigenvalue weighted by molar-refractivity contribution is -0.0267. The van der Waals surface area contributed by atoms with Crippen LogP contribution in [0.25, 0.3) is 0 Å². The Morgan fingerprint density at radius 1 is 1.21 bits per heavy atom. The van der Waals surface area contributed by atoms with Crippen LogP contribution < -0.4 is 0 Å². The maximum atomic E-state index is 9.73. The van der Waals surface area contributed by atoms with Gasteiger partial charge >= 0.3 is 0 Å². The Hall–Kier alpha value is -0.0800. The summed E-state index contributed by atoms with van der Waals surface area (Å²) in [7, 11) is 0. The van der Waals surface area contributed by atoms with Crippen LogP contribution in [0.4, 0.5) is 0 Å². The average molecular weight is 197 g/mol. The van der Waals surface area contributed by atoms with Gasteiger partial charge in [0.25, 0.3) is 0 Å². The molecule has 2 aliphatic rings. The molecule has 0 radical (unpaired) electrons. The summed E-state index contributed by atoms with van der Waals surface area (Å²) in [6.45, 7) is 3.52. The number of nitrogens with zero attached hydrogens (tertiary/aromatic N) is 1. The van der Waals surface area contributed by atoms with Gasteiger partial charge in [-0.05, 0) is 38.6 Å². The summed E-state index contributed by atoms with van der Waals surface area (Å²) < 4.78 is 0. The second-order valence-corrected chi connectivity index (χ2v) is 4.96. The number of aliphatic hydroxyl groups excluding tert-OH is 1. The van der Waals surface area contributed by atoms with E-state index in [0.717, 1.165) is 12.8 Å². The highest BCUT2D eigenvalue weighted by molar-refractivity contribution is 4.92. The molecule has 2 atom stereocenters. The number of hydrogen-bond acceptors (Lipinski definition) is 2. The van der Waals surface area contributed by atoms with Crippen LogP contribution in [0.1, 0.15) is 51.9 Å². The van der Waals surface area contributed by atoms with E-state index >= 15 is 0 Å². The highest BCUT2D eigenvalue weighted by Crippen LogP contribution is 2.33. The predicted octanol–water partition coefficient (Wildman–Crippen LogP) is 2.16. The molecule has 2 saturated heterocycles. The van der Waals surface area contributed by atoms with Gasteiger partial charge in [-0.15, -0.1) is 0 Å². The molecule has 2 fully saturated rings. The van der Waals surface area contributed by atoms with Crippen LogP contribution in [0.3, 0.4) is 0 Å². The molecule has 2 rings (SSSR count). The fraction of sp³-hybridized carbons (Fsp3) is 1.00. The first-order valence-corrected chi connectivity index (χ1v) is 6.25. The van der Waals surface area contributed by atoms with Crippen molar-refractivity contribution in [2.45, 2.75) is 70.1 Å². The van der Waals surface area contributed by atoms with Crippen molar-refractivity contribution in [3.8, 4) is 0 Å². The van der Waals surface area contributed by atoms with Gasteiger partial charge in [0.15, 0.2) is 0 Å². The maximum absolute atomic E-state index is 9.73. The molecule has 0 aromatic rings. The summed E-state index contributed by atoms with van der Waals surface area (Å²) in [5, 5.41) is 9.73. The predicted molar refractivity (Wildman–Crippen MR) is 58.3 cm³/mol. The average Bonchev–Trinajstić information content (AvgIpc) is 2.14. The third-order valence-electron chi connectivity index (χ3n) is 3.87. The zero-order valence-corrected chi connectivity index (χ0v) is 9.28. The molecule has 2 bridgehead atoms. The van der Waals surface area contributed by atoms with Crippen molar-refractivity contribution >= 4 is 0 Å². The molecule has 2 heterocycles. The molecular formula is C12H23NO. The molecule has 0 saturated carbocycles. The van der Waals surface area contributed by atoms with Crippen molar-refractivity contribution in [2.24, 2.45) is 0 Å². The first-order chi connectivity index (χ1) is 6.81. The fourth-order valence-electron chi connectivity index (χ4n) is 3.16.